The van der Waals surface area contributed by atoms with Gasteiger partial charge >= 0.3 is 12.3 Å². The molecule has 1 N–H and O–H groups in total. The molecule has 19 heavy (non-hydrogen) atoms. The average Bonchev–Trinajstić information content (AvgIpc) is 2.38. The Morgan fingerprint density at radius 1 is 1.42 bits per heavy atom. The van der Waals surface area contributed by atoms with Crippen LogP contribution in [0.4, 0.5) is 17.6 Å². The number of hydrogen-bond donors (Lipinski definition) is 1. The molecule has 1 aromatic rings. The zero-order chi connectivity index (χ0) is 13.9. The third-order valence-electron chi connectivity index (χ3n) is 2.70. The molecule has 0 saturated heterocycles. The van der Waals surface area contributed by atoms with Crippen molar-refractivity contribution in [3.8, 4) is 0 Å². The summed E-state index contributed by atoms with van der Waals surface area (Å²) >= 11 is 0. The van der Waals surface area contributed by atoms with Crippen LogP contribution in [0.3, 0.4) is 0 Å². The predicted octanol–water partition coefficient (Wildman–Crippen LogP) is 1.54. The number of fused-ring (bicyclic) bond motifs is 1. The largest absolute Gasteiger partial charge is 0.367 e. The Bertz CT molecular complexity index is 442. The summed E-state index contributed by atoms with van der Waals surface area (Å²) in [6.45, 7) is -0.191. The van der Waals surface area contributed by atoms with Crippen molar-refractivity contribution >= 4 is 0 Å². The van der Waals surface area contributed by atoms with Gasteiger partial charge in [-0.25, -0.2) is 18.7 Å². The highest BCUT2D eigenvalue weighted by atomic mass is 19.3. The van der Waals surface area contributed by atoms with Crippen LogP contribution in [0.25, 0.3) is 0 Å². The Morgan fingerprint density at radius 3 is 2.95 bits per heavy atom. The molecule has 0 saturated carbocycles. The van der Waals surface area contributed by atoms with Crippen molar-refractivity contribution < 1.29 is 22.3 Å². The number of rotatable bonds is 5. The molecule has 2 heterocycles. The normalized spacial score (nSPS) is 15.6. The van der Waals surface area contributed by atoms with Gasteiger partial charge < -0.3 is 10.1 Å². The van der Waals surface area contributed by atoms with Crippen LogP contribution < -0.4 is 5.32 Å². The standard InChI is InChI=1S/C11H13F4N3O/c12-10(13)11(14,15)6-19-5-9-17-4-7-3-16-2-1-8(7)18-9/h4,10,16H,1-3,5-6H2. The summed E-state index contributed by atoms with van der Waals surface area (Å²) < 4.78 is 53.6. The lowest BCUT2D eigenvalue weighted by molar-refractivity contribution is -0.168. The van der Waals surface area contributed by atoms with Crippen molar-refractivity contribution in [1.82, 2.24) is 15.3 Å². The van der Waals surface area contributed by atoms with Crippen molar-refractivity contribution in [2.75, 3.05) is 13.2 Å². The number of nitrogens with one attached hydrogen (secondary N) is 1. The van der Waals surface area contributed by atoms with Gasteiger partial charge in [-0.2, -0.15) is 8.78 Å². The maximum absolute atomic E-state index is 12.6. The van der Waals surface area contributed by atoms with Gasteiger partial charge in [-0.05, 0) is 0 Å². The molecule has 0 aliphatic carbocycles. The predicted molar refractivity (Wildman–Crippen MR) is 58.0 cm³/mol. The summed E-state index contributed by atoms with van der Waals surface area (Å²) in [6.07, 6.45) is -1.42. The third kappa shape index (κ3) is 3.60. The minimum absolute atomic E-state index is 0.228. The van der Waals surface area contributed by atoms with Gasteiger partial charge in [0.2, 0.25) is 0 Å². The molecule has 2 rings (SSSR count). The van der Waals surface area contributed by atoms with E-state index in [1.54, 1.807) is 6.20 Å². The lowest BCUT2D eigenvalue weighted by Gasteiger charge is -2.17. The molecule has 0 amide bonds. The monoisotopic (exact) mass is 279 g/mol. The Kier molecular flexibility index (Phi) is 4.31. The van der Waals surface area contributed by atoms with Crippen LogP contribution in [-0.2, 0) is 24.3 Å². The molecule has 0 bridgehead atoms. The van der Waals surface area contributed by atoms with E-state index in [-0.39, 0.29) is 12.4 Å². The van der Waals surface area contributed by atoms with Gasteiger partial charge in [0, 0.05) is 37.0 Å². The summed E-state index contributed by atoms with van der Waals surface area (Å²) in [7, 11) is 0. The minimum atomic E-state index is -4.14. The van der Waals surface area contributed by atoms with Crippen LogP contribution in [-0.4, -0.2) is 35.5 Å². The SMILES string of the molecule is FC(F)C(F)(F)COCc1ncc2c(n1)CCNC2. The first-order valence-corrected chi connectivity index (χ1v) is 5.77. The van der Waals surface area contributed by atoms with Gasteiger partial charge in [0.15, 0.2) is 5.82 Å². The molecule has 0 unspecified atom stereocenters. The molecule has 106 valence electrons. The molecular weight excluding hydrogens is 266 g/mol. The summed E-state index contributed by atoms with van der Waals surface area (Å²) in [5, 5.41) is 3.14. The molecule has 1 aliphatic rings. The quantitative estimate of drug-likeness (QED) is 0.831. The molecule has 0 radical (unpaired) electrons. The van der Waals surface area contributed by atoms with E-state index in [9.17, 15) is 17.6 Å². The Balaban J connectivity index is 1.90. The van der Waals surface area contributed by atoms with Gasteiger partial charge in [-0.1, -0.05) is 0 Å². The maximum atomic E-state index is 12.6. The third-order valence-corrected chi connectivity index (χ3v) is 2.70. The highest BCUT2D eigenvalue weighted by Gasteiger charge is 2.41. The van der Waals surface area contributed by atoms with E-state index in [1.807, 2.05) is 0 Å². The fourth-order valence-corrected chi connectivity index (χ4v) is 1.69. The highest BCUT2D eigenvalue weighted by Crippen LogP contribution is 2.23. The van der Waals surface area contributed by atoms with Crippen LogP contribution in [0.2, 0.25) is 0 Å². The van der Waals surface area contributed by atoms with Gasteiger partial charge in [-0.3, -0.25) is 0 Å². The smallest absolute Gasteiger partial charge is 0.330 e. The first-order valence-electron chi connectivity index (χ1n) is 5.77. The van der Waals surface area contributed by atoms with Gasteiger partial charge in [0.25, 0.3) is 0 Å². The molecule has 0 fully saturated rings. The van der Waals surface area contributed by atoms with Gasteiger partial charge in [0.1, 0.15) is 13.2 Å². The number of hydrogen-bond acceptors (Lipinski definition) is 4. The molecule has 1 aromatic heterocycles. The van der Waals surface area contributed by atoms with E-state index in [0.29, 0.717) is 6.54 Å². The van der Waals surface area contributed by atoms with E-state index in [1.165, 1.54) is 0 Å². The van der Waals surface area contributed by atoms with Crippen LogP contribution in [0.1, 0.15) is 17.1 Å². The van der Waals surface area contributed by atoms with Crippen molar-refractivity contribution in [2.45, 2.75) is 31.9 Å². The molecule has 4 nitrogen and oxygen atoms in total. The molecular formula is C11H13F4N3O. The Hall–Kier alpha value is -1.28. The van der Waals surface area contributed by atoms with Gasteiger partial charge in [-0.15, -0.1) is 0 Å². The van der Waals surface area contributed by atoms with Crippen molar-refractivity contribution in [2.24, 2.45) is 0 Å². The number of nitrogens with zero attached hydrogens (tertiary/aromatic N) is 2. The second-order valence-electron chi connectivity index (χ2n) is 4.24. The molecule has 1 aliphatic heterocycles. The van der Waals surface area contributed by atoms with E-state index in [0.717, 1.165) is 24.2 Å². The number of aromatic nitrogens is 2. The van der Waals surface area contributed by atoms with Crippen LogP contribution in [0.15, 0.2) is 6.20 Å². The van der Waals surface area contributed by atoms with E-state index >= 15 is 0 Å². The first-order chi connectivity index (χ1) is 8.99. The molecule has 0 atom stereocenters. The second kappa shape index (κ2) is 5.79. The van der Waals surface area contributed by atoms with E-state index in [2.05, 4.69) is 20.0 Å². The molecule has 0 aromatic carbocycles. The van der Waals surface area contributed by atoms with E-state index in [4.69, 9.17) is 0 Å². The second-order valence-corrected chi connectivity index (χ2v) is 4.24. The van der Waals surface area contributed by atoms with Crippen molar-refractivity contribution in [1.29, 1.82) is 0 Å². The maximum Gasteiger partial charge on any atom is 0.330 e. The minimum Gasteiger partial charge on any atom is -0.367 e. The number of ether oxygens (including phenoxy) is 1. The van der Waals surface area contributed by atoms with Crippen LogP contribution in [0, 0.1) is 0 Å². The number of halogens is 4. The van der Waals surface area contributed by atoms with Crippen molar-refractivity contribution in [3.05, 3.63) is 23.3 Å². The van der Waals surface area contributed by atoms with Gasteiger partial charge in [0.05, 0.1) is 0 Å². The summed E-state index contributed by atoms with van der Waals surface area (Å²) in [5.41, 5.74) is 1.79. The fraction of sp³-hybridized carbons (Fsp3) is 0.636. The summed E-state index contributed by atoms with van der Waals surface area (Å²) in [4.78, 5) is 8.12. The van der Waals surface area contributed by atoms with E-state index < -0.39 is 19.0 Å². The lowest BCUT2D eigenvalue weighted by atomic mass is 10.1. The summed E-state index contributed by atoms with van der Waals surface area (Å²) in [6, 6.07) is 0. The van der Waals surface area contributed by atoms with Crippen molar-refractivity contribution in [3.63, 3.8) is 0 Å². The zero-order valence-electron chi connectivity index (χ0n) is 10.0. The lowest BCUT2D eigenvalue weighted by Crippen LogP contribution is -2.32. The first kappa shape index (κ1) is 14.1. The zero-order valence-corrected chi connectivity index (χ0v) is 10.0. The fourth-order valence-electron chi connectivity index (χ4n) is 1.69. The summed E-state index contributed by atoms with van der Waals surface area (Å²) in [5.74, 6) is -3.91. The average molecular weight is 279 g/mol. The molecule has 8 heteroatoms. The van der Waals surface area contributed by atoms with Crippen LogP contribution >= 0.6 is 0 Å². The highest BCUT2D eigenvalue weighted by molar-refractivity contribution is 5.20. The Labute approximate surface area is 107 Å². The topological polar surface area (TPSA) is 47.0 Å². The number of alkyl halides is 4. The Morgan fingerprint density at radius 2 is 2.21 bits per heavy atom. The molecule has 0 spiro atoms. The van der Waals surface area contributed by atoms with Crippen LogP contribution in [0.5, 0.6) is 0 Å².